The van der Waals surface area contributed by atoms with Crippen molar-refractivity contribution in [3.8, 4) is 0 Å². The molecule has 1 aromatic heterocycles. The van der Waals surface area contributed by atoms with E-state index in [1.807, 2.05) is 18.2 Å². The number of ketones is 1. The van der Waals surface area contributed by atoms with Crippen molar-refractivity contribution in [3.05, 3.63) is 35.0 Å². The molecular weight excluding hydrogens is 234 g/mol. The third-order valence-electron chi connectivity index (χ3n) is 2.89. The molecule has 0 spiro atoms. The normalized spacial score (nSPS) is 11.3. The van der Waals surface area contributed by atoms with Crippen LogP contribution in [0.1, 0.15) is 37.0 Å². The zero-order valence-electron chi connectivity index (χ0n) is 10.1. The minimum Gasteiger partial charge on any atom is -0.360 e. The molecule has 0 aliphatic carbocycles. The molecule has 0 bridgehead atoms. The van der Waals surface area contributed by atoms with Gasteiger partial charge in [0.2, 0.25) is 0 Å². The molecule has 0 aliphatic rings. The SMILES string of the molecule is CC(C)CCC(=O)c1c[nH]c2ccc(Cl)cc12. The number of rotatable bonds is 4. The Hall–Kier alpha value is -1.28. The Bertz CT molecular complexity index is 542. The summed E-state index contributed by atoms with van der Waals surface area (Å²) in [7, 11) is 0. The van der Waals surface area contributed by atoms with Gasteiger partial charge in [0, 0.05) is 34.1 Å². The van der Waals surface area contributed by atoms with Gasteiger partial charge in [0.15, 0.2) is 5.78 Å². The van der Waals surface area contributed by atoms with Gasteiger partial charge in [-0.15, -0.1) is 0 Å². The predicted octanol–water partition coefficient (Wildman–Crippen LogP) is 4.44. The van der Waals surface area contributed by atoms with Crippen LogP contribution >= 0.6 is 11.6 Å². The van der Waals surface area contributed by atoms with E-state index in [1.54, 1.807) is 6.20 Å². The van der Waals surface area contributed by atoms with E-state index in [0.29, 0.717) is 17.4 Å². The maximum absolute atomic E-state index is 12.1. The summed E-state index contributed by atoms with van der Waals surface area (Å²) in [6, 6.07) is 5.57. The van der Waals surface area contributed by atoms with E-state index in [-0.39, 0.29) is 5.78 Å². The van der Waals surface area contributed by atoms with Gasteiger partial charge in [0.1, 0.15) is 0 Å². The summed E-state index contributed by atoms with van der Waals surface area (Å²) in [6.45, 7) is 4.25. The van der Waals surface area contributed by atoms with Gasteiger partial charge in [0.25, 0.3) is 0 Å². The number of carbonyl (C=O) groups is 1. The van der Waals surface area contributed by atoms with Gasteiger partial charge in [-0.25, -0.2) is 0 Å². The molecule has 1 heterocycles. The topological polar surface area (TPSA) is 32.9 Å². The van der Waals surface area contributed by atoms with Crippen molar-refractivity contribution in [3.63, 3.8) is 0 Å². The van der Waals surface area contributed by atoms with Crippen LogP contribution in [0, 0.1) is 5.92 Å². The van der Waals surface area contributed by atoms with E-state index in [0.717, 1.165) is 22.9 Å². The third-order valence-corrected chi connectivity index (χ3v) is 3.13. The number of fused-ring (bicyclic) bond motifs is 1. The first kappa shape index (κ1) is 12.2. The van der Waals surface area contributed by atoms with Crippen LogP contribution in [0.25, 0.3) is 10.9 Å². The van der Waals surface area contributed by atoms with E-state index in [9.17, 15) is 4.79 Å². The molecule has 0 amide bonds. The number of hydrogen-bond acceptors (Lipinski definition) is 1. The quantitative estimate of drug-likeness (QED) is 0.799. The average Bonchev–Trinajstić information content (AvgIpc) is 2.68. The van der Waals surface area contributed by atoms with Gasteiger partial charge < -0.3 is 4.98 Å². The molecule has 0 saturated carbocycles. The maximum atomic E-state index is 12.1. The number of H-pyrrole nitrogens is 1. The van der Waals surface area contributed by atoms with Crippen molar-refractivity contribution in [1.82, 2.24) is 4.98 Å². The lowest BCUT2D eigenvalue weighted by Crippen LogP contribution is -2.00. The van der Waals surface area contributed by atoms with Crippen molar-refractivity contribution < 1.29 is 4.79 Å². The molecule has 0 saturated heterocycles. The van der Waals surface area contributed by atoms with Gasteiger partial charge >= 0.3 is 0 Å². The van der Waals surface area contributed by atoms with E-state index in [4.69, 9.17) is 11.6 Å². The second kappa shape index (κ2) is 4.92. The second-order valence-corrected chi connectivity index (χ2v) is 5.18. The molecule has 2 aromatic rings. The number of aromatic nitrogens is 1. The van der Waals surface area contributed by atoms with Crippen LogP contribution in [0.15, 0.2) is 24.4 Å². The smallest absolute Gasteiger partial charge is 0.165 e. The summed E-state index contributed by atoms with van der Waals surface area (Å²) in [6.07, 6.45) is 3.30. The Morgan fingerprint density at radius 1 is 1.41 bits per heavy atom. The van der Waals surface area contributed by atoms with Crippen molar-refractivity contribution in [2.75, 3.05) is 0 Å². The fraction of sp³-hybridized carbons (Fsp3) is 0.357. The Kier molecular flexibility index (Phi) is 3.53. The summed E-state index contributed by atoms with van der Waals surface area (Å²) in [5.41, 5.74) is 1.71. The lowest BCUT2D eigenvalue weighted by molar-refractivity contribution is 0.0977. The molecule has 3 heteroatoms. The molecule has 0 unspecified atom stereocenters. The number of benzene rings is 1. The van der Waals surface area contributed by atoms with Crippen LogP contribution in [-0.2, 0) is 0 Å². The fourth-order valence-corrected chi connectivity index (χ4v) is 2.05. The van der Waals surface area contributed by atoms with Crippen LogP contribution in [0.4, 0.5) is 0 Å². The number of hydrogen-bond donors (Lipinski definition) is 1. The zero-order chi connectivity index (χ0) is 12.4. The number of carbonyl (C=O) groups excluding carboxylic acids is 1. The molecule has 0 fully saturated rings. The molecule has 0 atom stereocenters. The van der Waals surface area contributed by atoms with Gasteiger partial charge in [-0.05, 0) is 30.5 Å². The van der Waals surface area contributed by atoms with Crippen molar-refractivity contribution in [1.29, 1.82) is 0 Å². The van der Waals surface area contributed by atoms with Crippen LogP contribution in [0.3, 0.4) is 0 Å². The highest BCUT2D eigenvalue weighted by molar-refractivity contribution is 6.31. The molecule has 17 heavy (non-hydrogen) atoms. The van der Waals surface area contributed by atoms with Crippen LogP contribution in [-0.4, -0.2) is 10.8 Å². The highest BCUT2D eigenvalue weighted by Crippen LogP contribution is 2.24. The monoisotopic (exact) mass is 249 g/mol. The van der Waals surface area contributed by atoms with Gasteiger partial charge in [-0.3, -0.25) is 4.79 Å². The first-order valence-corrected chi connectivity index (χ1v) is 6.25. The van der Waals surface area contributed by atoms with Crippen LogP contribution in [0.5, 0.6) is 0 Å². The summed E-state index contributed by atoms with van der Waals surface area (Å²) >= 11 is 5.95. The summed E-state index contributed by atoms with van der Waals surface area (Å²) in [5.74, 6) is 0.736. The maximum Gasteiger partial charge on any atom is 0.165 e. The van der Waals surface area contributed by atoms with Crippen LogP contribution in [0.2, 0.25) is 5.02 Å². The number of aromatic amines is 1. The lowest BCUT2D eigenvalue weighted by Gasteiger charge is -2.03. The standard InChI is InChI=1S/C14H16ClNO/c1-9(2)3-6-14(17)12-8-16-13-5-4-10(15)7-11(12)13/h4-5,7-9,16H,3,6H2,1-2H3. The minimum atomic E-state index is 0.187. The van der Waals surface area contributed by atoms with Gasteiger partial charge in [-0.2, -0.15) is 0 Å². The molecule has 0 aliphatic heterocycles. The molecule has 0 radical (unpaired) electrons. The van der Waals surface area contributed by atoms with E-state index >= 15 is 0 Å². The van der Waals surface area contributed by atoms with Crippen LogP contribution < -0.4 is 0 Å². The molecule has 1 N–H and O–H groups in total. The Balaban J connectivity index is 2.29. The Labute approximate surface area is 106 Å². The predicted molar refractivity (Wildman–Crippen MR) is 71.7 cm³/mol. The molecular formula is C14H16ClNO. The average molecular weight is 250 g/mol. The second-order valence-electron chi connectivity index (χ2n) is 4.75. The molecule has 90 valence electrons. The highest BCUT2D eigenvalue weighted by atomic mass is 35.5. The number of Topliss-reactive ketones (excluding diaryl/α,β-unsaturated/α-hetero) is 1. The van der Waals surface area contributed by atoms with E-state index in [2.05, 4.69) is 18.8 Å². The minimum absolute atomic E-state index is 0.187. The van der Waals surface area contributed by atoms with Gasteiger partial charge in [-0.1, -0.05) is 25.4 Å². The summed E-state index contributed by atoms with van der Waals surface area (Å²) in [5, 5.41) is 1.58. The van der Waals surface area contributed by atoms with Crippen molar-refractivity contribution in [2.45, 2.75) is 26.7 Å². The van der Waals surface area contributed by atoms with Gasteiger partial charge in [0.05, 0.1) is 0 Å². The molecule has 1 aromatic carbocycles. The first-order chi connectivity index (χ1) is 8.08. The Morgan fingerprint density at radius 3 is 2.88 bits per heavy atom. The van der Waals surface area contributed by atoms with E-state index < -0.39 is 0 Å². The number of nitrogens with one attached hydrogen (secondary N) is 1. The lowest BCUT2D eigenvalue weighted by atomic mass is 10.0. The zero-order valence-corrected chi connectivity index (χ0v) is 10.8. The summed E-state index contributed by atoms with van der Waals surface area (Å²) < 4.78 is 0. The molecule has 2 rings (SSSR count). The van der Waals surface area contributed by atoms with Crippen molar-refractivity contribution >= 4 is 28.3 Å². The summed E-state index contributed by atoms with van der Waals surface area (Å²) in [4.78, 5) is 15.2. The van der Waals surface area contributed by atoms with E-state index in [1.165, 1.54) is 0 Å². The largest absolute Gasteiger partial charge is 0.360 e. The number of halogens is 1. The first-order valence-electron chi connectivity index (χ1n) is 5.87. The molecule has 2 nitrogen and oxygen atoms in total. The fourth-order valence-electron chi connectivity index (χ4n) is 1.88. The van der Waals surface area contributed by atoms with Crippen molar-refractivity contribution in [2.24, 2.45) is 5.92 Å². The highest BCUT2D eigenvalue weighted by Gasteiger charge is 2.12. The third kappa shape index (κ3) is 2.70. The Morgan fingerprint density at radius 2 is 2.18 bits per heavy atom.